The van der Waals surface area contributed by atoms with Crippen molar-refractivity contribution in [1.29, 1.82) is 0 Å². The average molecular weight is 269 g/mol. The summed E-state index contributed by atoms with van der Waals surface area (Å²) in [6, 6.07) is 9.78. The third-order valence-electron chi connectivity index (χ3n) is 3.21. The van der Waals surface area contributed by atoms with Crippen molar-refractivity contribution in [3.8, 4) is 0 Å². The first-order valence-corrected chi connectivity index (χ1v) is 6.40. The van der Waals surface area contributed by atoms with Crippen molar-refractivity contribution in [3.63, 3.8) is 0 Å². The molecule has 3 aromatic rings. The molecule has 0 aliphatic rings. The fourth-order valence-electron chi connectivity index (χ4n) is 2.13. The number of rotatable bonds is 5. The largest absolute Gasteiger partial charge is 0.343 e. The van der Waals surface area contributed by atoms with Crippen molar-refractivity contribution in [1.82, 2.24) is 19.7 Å². The van der Waals surface area contributed by atoms with E-state index >= 15 is 0 Å². The van der Waals surface area contributed by atoms with Crippen molar-refractivity contribution >= 4 is 0 Å². The Bertz CT molecular complexity index is 647. The van der Waals surface area contributed by atoms with Crippen LogP contribution in [0.15, 0.2) is 53.8 Å². The minimum atomic E-state index is -0.191. The van der Waals surface area contributed by atoms with Crippen LogP contribution in [0.5, 0.6) is 0 Å². The summed E-state index contributed by atoms with van der Waals surface area (Å²) in [6.45, 7) is 0.718. The van der Waals surface area contributed by atoms with Crippen molar-refractivity contribution in [2.45, 2.75) is 19.0 Å². The molecule has 1 atom stereocenters. The maximum absolute atomic E-state index is 6.30. The number of aryl methyl sites for hydroxylation is 2. The van der Waals surface area contributed by atoms with E-state index in [4.69, 9.17) is 10.3 Å². The summed E-state index contributed by atoms with van der Waals surface area (Å²) in [5, 5.41) is 3.80. The second-order valence-corrected chi connectivity index (χ2v) is 4.50. The third kappa shape index (κ3) is 2.60. The van der Waals surface area contributed by atoms with Crippen LogP contribution >= 0.6 is 0 Å². The van der Waals surface area contributed by atoms with Gasteiger partial charge in [-0.25, -0.2) is 4.98 Å². The molecule has 6 nitrogen and oxygen atoms in total. The molecule has 0 aliphatic carbocycles. The summed E-state index contributed by atoms with van der Waals surface area (Å²) in [4.78, 5) is 8.19. The molecular weight excluding hydrogens is 254 g/mol. The van der Waals surface area contributed by atoms with E-state index in [9.17, 15) is 0 Å². The summed E-state index contributed by atoms with van der Waals surface area (Å²) in [7, 11) is 0. The van der Waals surface area contributed by atoms with Crippen LogP contribution in [0.1, 0.15) is 23.1 Å². The maximum Gasteiger partial charge on any atom is 0.213 e. The molecule has 2 aromatic heterocycles. The average Bonchev–Trinajstić information content (AvgIpc) is 3.16. The molecule has 3 rings (SSSR count). The van der Waals surface area contributed by atoms with Gasteiger partial charge in [-0.15, -0.1) is 0 Å². The van der Waals surface area contributed by atoms with Crippen LogP contribution in [0.4, 0.5) is 0 Å². The predicted octanol–water partition coefficient (Wildman–Crippen LogP) is 1.56. The van der Waals surface area contributed by atoms with Crippen LogP contribution in [0.2, 0.25) is 0 Å². The van der Waals surface area contributed by atoms with E-state index in [0.717, 1.165) is 17.8 Å². The molecule has 0 saturated carbocycles. The highest BCUT2D eigenvalue weighted by Gasteiger charge is 2.13. The van der Waals surface area contributed by atoms with Gasteiger partial charge >= 0.3 is 0 Å². The van der Waals surface area contributed by atoms with Gasteiger partial charge in [-0.05, 0) is 5.56 Å². The molecule has 0 spiro atoms. The Morgan fingerprint density at radius 1 is 1.25 bits per heavy atom. The summed E-state index contributed by atoms with van der Waals surface area (Å²) >= 11 is 0. The molecule has 0 amide bonds. The highest BCUT2D eigenvalue weighted by Crippen LogP contribution is 2.19. The normalized spacial score (nSPS) is 12.4. The molecule has 0 bridgehead atoms. The smallest absolute Gasteiger partial charge is 0.213 e. The Morgan fingerprint density at radius 2 is 2.10 bits per heavy atom. The van der Waals surface area contributed by atoms with E-state index in [1.807, 2.05) is 34.9 Å². The number of hydrogen-bond acceptors (Lipinski definition) is 5. The molecular formula is C14H15N5O. The second kappa shape index (κ2) is 5.66. The Balaban J connectivity index is 1.76. The van der Waals surface area contributed by atoms with Crippen LogP contribution in [-0.4, -0.2) is 19.7 Å². The SMILES string of the molecule is NC(c1ccccc1)c1cncn1CCc1ncon1. The van der Waals surface area contributed by atoms with E-state index in [2.05, 4.69) is 15.1 Å². The lowest BCUT2D eigenvalue weighted by molar-refractivity contribution is 0.408. The Hall–Kier alpha value is -2.47. The molecule has 6 heteroatoms. The van der Waals surface area contributed by atoms with Crippen LogP contribution in [-0.2, 0) is 13.0 Å². The predicted molar refractivity (Wildman–Crippen MR) is 72.7 cm³/mol. The van der Waals surface area contributed by atoms with Crippen molar-refractivity contribution in [3.05, 3.63) is 66.3 Å². The molecule has 2 N–H and O–H groups in total. The lowest BCUT2D eigenvalue weighted by atomic mass is 10.1. The number of aromatic nitrogens is 4. The standard InChI is InChI=1S/C14H15N5O/c15-14(11-4-2-1-3-5-11)12-8-16-9-19(12)7-6-13-17-10-20-18-13/h1-5,8-10,14H,6-7,15H2. The first-order valence-electron chi connectivity index (χ1n) is 6.40. The van der Waals surface area contributed by atoms with E-state index in [-0.39, 0.29) is 6.04 Å². The van der Waals surface area contributed by atoms with Gasteiger partial charge in [-0.2, -0.15) is 4.98 Å². The van der Waals surface area contributed by atoms with E-state index in [1.54, 1.807) is 12.5 Å². The Labute approximate surface area is 116 Å². The maximum atomic E-state index is 6.30. The zero-order valence-corrected chi connectivity index (χ0v) is 10.9. The topological polar surface area (TPSA) is 82.8 Å². The van der Waals surface area contributed by atoms with Gasteiger partial charge in [0.1, 0.15) is 0 Å². The second-order valence-electron chi connectivity index (χ2n) is 4.50. The number of nitrogens with two attached hydrogens (primary N) is 1. The van der Waals surface area contributed by atoms with Gasteiger partial charge < -0.3 is 14.8 Å². The molecule has 102 valence electrons. The highest BCUT2D eigenvalue weighted by molar-refractivity contribution is 5.26. The van der Waals surface area contributed by atoms with Crippen molar-refractivity contribution in [2.75, 3.05) is 0 Å². The Kier molecular flexibility index (Phi) is 3.56. The van der Waals surface area contributed by atoms with Gasteiger partial charge in [0.05, 0.1) is 24.3 Å². The molecule has 1 unspecified atom stereocenters. The first kappa shape index (κ1) is 12.6. The fourth-order valence-corrected chi connectivity index (χ4v) is 2.13. The molecule has 0 saturated heterocycles. The van der Waals surface area contributed by atoms with Gasteiger partial charge in [0.15, 0.2) is 5.82 Å². The number of hydrogen-bond donors (Lipinski definition) is 1. The number of nitrogens with zero attached hydrogens (tertiary/aromatic N) is 4. The van der Waals surface area contributed by atoms with Gasteiger partial charge in [0, 0.05) is 13.0 Å². The lowest BCUT2D eigenvalue weighted by Crippen LogP contribution is -2.17. The summed E-state index contributed by atoms with van der Waals surface area (Å²) in [5.74, 6) is 0.679. The van der Waals surface area contributed by atoms with Crippen molar-refractivity contribution < 1.29 is 4.52 Å². The quantitative estimate of drug-likeness (QED) is 0.760. The zero-order valence-electron chi connectivity index (χ0n) is 10.9. The lowest BCUT2D eigenvalue weighted by Gasteiger charge is -2.14. The van der Waals surface area contributed by atoms with Gasteiger partial charge in [0.25, 0.3) is 0 Å². The minimum absolute atomic E-state index is 0.191. The third-order valence-corrected chi connectivity index (χ3v) is 3.21. The summed E-state index contributed by atoms with van der Waals surface area (Å²) in [6.07, 6.45) is 5.59. The molecule has 2 heterocycles. The van der Waals surface area contributed by atoms with Gasteiger partial charge in [-0.1, -0.05) is 35.5 Å². The minimum Gasteiger partial charge on any atom is -0.343 e. The monoisotopic (exact) mass is 269 g/mol. The fraction of sp³-hybridized carbons (Fsp3) is 0.214. The summed E-state index contributed by atoms with van der Waals surface area (Å²) < 4.78 is 6.74. The van der Waals surface area contributed by atoms with Crippen LogP contribution in [0, 0.1) is 0 Å². The van der Waals surface area contributed by atoms with Crippen molar-refractivity contribution in [2.24, 2.45) is 5.73 Å². The van der Waals surface area contributed by atoms with E-state index < -0.39 is 0 Å². The number of imidazole rings is 1. The molecule has 0 radical (unpaired) electrons. The van der Waals surface area contributed by atoms with E-state index in [1.165, 1.54) is 6.39 Å². The molecule has 1 aromatic carbocycles. The van der Waals surface area contributed by atoms with Gasteiger partial charge in [0.2, 0.25) is 6.39 Å². The molecule has 20 heavy (non-hydrogen) atoms. The Morgan fingerprint density at radius 3 is 2.85 bits per heavy atom. The van der Waals surface area contributed by atoms with Crippen LogP contribution in [0.25, 0.3) is 0 Å². The van der Waals surface area contributed by atoms with Crippen LogP contribution in [0.3, 0.4) is 0 Å². The summed E-state index contributed by atoms with van der Waals surface area (Å²) in [5.41, 5.74) is 8.34. The van der Waals surface area contributed by atoms with E-state index in [0.29, 0.717) is 12.2 Å². The van der Waals surface area contributed by atoms with Crippen LogP contribution < -0.4 is 5.73 Å². The van der Waals surface area contributed by atoms with Gasteiger partial charge in [-0.3, -0.25) is 0 Å². The number of benzene rings is 1. The highest BCUT2D eigenvalue weighted by atomic mass is 16.5. The first-order chi connectivity index (χ1) is 9.84. The zero-order chi connectivity index (χ0) is 13.8. The molecule has 0 aliphatic heterocycles. The molecule has 0 fully saturated rings.